The van der Waals surface area contributed by atoms with Crippen LogP contribution in [-0.4, -0.2) is 35.3 Å². The van der Waals surface area contributed by atoms with Gasteiger partial charge in [0.1, 0.15) is 0 Å². The molecular formula is C17H23N3O2. The Morgan fingerprint density at radius 2 is 2.18 bits per heavy atom. The minimum atomic E-state index is -0.0128. The number of hydrogen-bond acceptors (Lipinski definition) is 3. The second-order valence-corrected chi connectivity index (χ2v) is 6.34. The number of nitrogens with one attached hydrogen (secondary N) is 1. The molecule has 3 N–H and O–H groups in total. The van der Waals surface area contributed by atoms with Gasteiger partial charge in [0.25, 0.3) is 5.91 Å². The summed E-state index contributed by atoms with van der Waals surface area (Å²) in [6.45, 7) is 2.75. The number of carbonyl (C=O) groups is 2. The largest absolute Gasteiger partial charge is 0.334 e. The van der Waals surface area contributed by atoms with Gasteiger partial charge in [0.15, 0.2) is 0 Å². The highest BCUT2D eigenvalue weighted by Crippen LogP contribution is 2.26. The Morgan fingerprint density at radius 1 is 1.36 bits per heavy atom. The molecule has 1 saturated heterocycles. The molecule has 2 amide bonds. The third-order valence-electron chi connectivity index (χ3n) is 4.66. The molecule has 2 aliphatic rings. The number of fused-ring (bicyclic) bond motifs is 1. The quantitative estimate of drug-likeness (QED) is 0.876. The summed E-state index contributed by atoms with van der Waals surface area (Å²) in [5.74, 6) is 0.0985. The maximum atomic E-state index is 12.8. The van der Waals surface area contributed by atoms with Gasteiger partial charge in [0, 0.05) is 36.3 Å². The van der Waals surface area contributed by atoms with Gasteiger partial charge in [-0.2, -0.15) is 0 Å². The van der Waals surface area contributed by atoms with E-state index in [1.165, 1.54) is 0 Å². The van der Waals surface area contributed by atoms with Crippen LogP contribution in [0.5, 0.6) is 0 Å². The van der Waals surface area contributed by atoms with E-state index in [2.05, 4.69) is 5.32 Å². The molecule has 118 valence electrons. The number of nitrogens with zero attached hydrogens (tertiary/aromatic N) is 1. The number of rotatable bonds is 2. The molecule has 0 spiro atoms. The normalized spacial score (nSPS) is 22.7. The first kappa shape index (κ1) is 15.0. The fraction of sp³-hybridized carbons (Fsp3) is 0.529. The van der Waals surface area contributed by atoms with E-state index in [0.717, 1.165) is 37.1 Å². The van der Waals surface area contributed by atoms with Crippen molar-refractivity contribution in [2.75, 3.05) is 11.9 Å². The van der Waals surface area contributed by atoms with Crippen LogP contribution in [-0.2, 0) is 11.2 Å². The molecule has 5 heteroatoms. The van der Waals surface area contributed by atoms with E-state index < -0.39 is 0 Å². The van der Waals surface area contributed by atoms with Crippen molar-refractivity contribution in [3.05, 3.63) is 29.3 Å². The van der Waals surface area contributed by atoms with Gasteiger partial charge in [-0.15, -0.1) is 0 Å². The summed E-state index contributed by atoms with van der Waals surface area (Å²) in [4.78, 5) is 26.2. The SMILES string of the molecule is C[C@@H](N)[C@H]1CCCCN1C(=O)c1ccc2c(c1)CCC(=O)N2. The minimum absolute atomic E-state index is 0.0128. The van der Waals surface area contributed by atoms with Gasteiger partial charge in [0.05, 0.1) is 0 Å². The highest BCUT2D eigenvalue weighted by atomic mass is 16.2. The zero-order valence-electron chi connectivity index (χ0n) is 13.0. The molecule has 1 aromatic carbocycles. The van der Waals surface area contributed by atoms with Crippen LogP contribution in [0.15, 0.2) is 18.2 Å². The molecule has 0 bridgehead atoms. The number of piperidine rings is 1. The first-order valence-electron chi connectivity index (χ1n) is 8.05. The molecule has 0 unspecified atom stereocenters. The van der Waals surface area contributed by atoms with Crippen molar-refractivity contribution in [3.8, 4) is 0 Å². The standard InChI is InChI=1S/C17H23N3O2/c1-11(18)15-4-2-3-9-20(15)17(22)13-5-7-14-12(10-13)6-8-16(21)19-14/h5,7,10-11,15H,2-4,6,8-9,18H2,1H3,(H,19,21)/t11-,15-/m1/s1. The van der Waals surface area contributed by atoms with Crippen molar-refractivity contribution < 1.29 is 9.59 Å². The van der Waals surface area contributed by atoms with E-state index in [9.17, 15) is 9.59 Å². The minimum Gasteiger partial charge on any atom is -0.334 e. The third-order valence-corrected chi connectivity index (χ3v) is 4.66. The number of amides is 2. The molecule has 5 nitrogen and oxygen atoms in total. The highest BCUT2D eigenvalue weighted by molar-refractivity contribution is 5.98. The van der Waals surface area contributed by atoms with Gasteiger partial charge >= 0.3 is 0 Å². The summed E-state index contributed by atoms with van der Waals surface area (Å²) in [5.41, 5.74) is 8.63. The fourth-order valence-corrected chi connectivity index (χ4v) is 3.44. The monoisotopic (exact) mass is 301 g/mol. The van der Waals surface area contributed by atoms with Crippen LogP contribution in [0.3, 0.4) is 0 Å². The molecule has 2 aliphatic heterocycles. The summed E-state index contributed by atoms with van der Waals surface area (Å²) in [6.07, 6.45) is 4.32. The van der Waals surface area contributed by atoms with Crippen molar-refractivity contribution >= 4 is 17.5 Å². The molecule has 0 aliphatic carbocycles. The lowest BCUT2D eigenvalue weighted by molar-refractivity contribution is -0.116. The molecule has 0 radical (unpaired) electrons. The molecule has 3 rings (SSSR count). The smallest absolute Gasteiger partial charge is 0.254 e. The summed E-state index contributed by atoms with van der Waals surface area (Å²) < 4.78 is 0. The Hall–Kier alpha value is -1.88. The van der Waals surface area contributed by atoms with Crippen molar-refractivity contribution in [1.82, 2.24) is 4.90 Å². The zero-order chi connectivity index (χ0) is 15.7. The Balaban J connectivity index is 1.84. The average molecular weight is 301 g/mol. The molecule has 2 heterocycles. The maximum Gasteiger partial charge on any atom is 0.254 e. The van der Waals surface area contributed by atoms with Crippen molar-refractivity contribution in [2.24, 2.45) is 5.73 Å². The lowest BCUT2D eigenvalue weighted by Gasteiger charge is -2.38. The van der Waals surface area contributed by atoms with Crippen LogP contribution >= 0.6 is 0 Å². The third kappa shape index (κ3) is 2.86. The molecule has 0 saturated carbocycles. The van der Waals surface area contributed by atoms with Gasteiger partial charge in [0.2, 0.25) is 5.91 Å². The van der Waals surface area contributed by atoms with Crippen molar-refractivity contribution in [1.29, 1.82) is 0 Å². The highest BCUT2D eigenvalue weighted by Gasteiger charge is 2.30. The van der Waals surface area contributed by atoms with E-state index in [4.69, 9.17) is 5.73 Å². The van der Waals surface area contributed by atoms with Crippen LogP contribution in [0, 0.1) is 0 Å². The second-order valence-electron chi connectivity index (χ2n) is 6.34. The van der Waals surface area contributed by atoms with Crippen LogP contribution in [0.4, 0.5) is 5.69 Å². The molecular weight excluding hydrogens is 278 g/mol. The van der Waals surface area contributed by atoms with Crippen LogP contribution in [0.2, 0.25) is 0 Å². The Bertz CT molecular complexity index is 598. The van der Waals surface area contributed by atoms with E-state index in [0.29, 0.717) is 18.4 Å². The molecule has 2 atom stereocenters. The lowest BCUT2D eigenvalue weighted by Crippen LogP contribution is -2.51. The Morgan fingerprint density at radius 3 is 2.95 bits per heavy atom. The zero-order valence-corrected chi connectivity index (χ0v) is 13.0. The van der Waals surface area contributed by atoms with Crippen LogP contribution in [0.1, 0.15) is 48.5 Å². The lowest BCUT2D eigenvalue weighted by atomic mass is 9.95. The number of likely N-dealkylation sites (tertiary alicyclic amines) is 1. The number of nitrogens with two attached hydrogens (primary N) is 1. The first-order chi connectivity index (χ1) is 10.6. The van der Waals surface area contributed by atoms with Crippen LogP contribution in [0.25, 0.3) is 0 Å². The van der Waals surface area contributed by atoms with E-state index in [1.807, 2.05) is 24.0 Å². The predicted octanol–water partition coefficient (Wildman–Crippen LogP) is 1.91. The van der Waals surface area contributed by atoms with Gasteiger partial charge in [-0.3, -0.25) is 9.59 Å². The number of carbonyl (C=O) groups excluding carboxylic acids is 2. The van der Waals surface area contributed by atoms with Gasteiger partial charge in [-0.1, -0.05) is 0 Å². The van der Waals surface area contributed by atoms with Gasteiger partial charge in [-0.25, -0.2) is 0 Å². The molecule has 22 heavy (non-hydrogen) atoms. The maximum absolute atomic E-state index is 12.8. The Kier molecular flexibility index (Phi) is 4.16. The predicted molar refractivity (Wildman–Crippen MR) is 85.7 cm³/mol. The Labute approximate surface area is 130 Å². The summed E-state index contributed by atoms with van der Waals surface area (Å²) in [5, 5.41) is 2.85. The first-order valence-corrected chi connectivity index (χ1v) is 8.05. The number of anilines is 1. The topological polar surface area (TPSA) is 75.4 Å². The molecule has 0 aromatic heterocycles. The summed E-state index contributed by atoms with van der Waals surface area (Å²) >= 11 is 0. The average Bonchev–Trinajstić information content (AvgIpc) is 2.53. The number of benzene rings is 1. The molecule has 1 aromatic rings. The van der Waals surface area contributed by atoms with Crippen molar-refractivity contribution in [2.45, 2.75) is 51.1 Å². The second kappa shape index (κ2) is 6.08. The van der Waals surface area contributed by atoms with E-state index >= 15 is 0 Å². The number of aryl methyl sites for hydroxylation is 1. The summed E-state index contributed by atoms with van der Waals surface area (Å²) in [6, 6.07) is 5.67. The van der Waals surface area contributed by atoms with Gasteiger partial charge in [-0.05, 0) is 56.4 Å². The fourth-order valence-electron chi connectivity index (χ4n) is 3.44. The number of hydrogen-bond donors (Lipinski definition) is 2. The van der Waals surface area contributed by atoms with Gasteiger partial charge < -0.3 is 16.0 Å². The van der Waals surface area contributed by atoms with E-state index in [-0.39, 0.29) is 23.9 Å². The van der Waals surface area contributed by atoms with Crippen molar-refractivity contribution in [3.63, 3.8) is 0 Å². The summed E-state index contributed by atoms with van der Waals surface area (Å²) in [7, 11) is 0. The molecule has 1 fully saturated rings. The van der Waals surface area contributed by atoms with Crippen LogP contribution < -0.4 is 11.1 Å². The van der Waals surface area contributed by atoms with E-state index in [1.54, 1.807) is 6.07 Å².